The highest BCUT2D eigenvalue weighted by atomic mass is 32.2. The number of nitrogens with one attached hydrogen (secondary N) is 1. The van der Waals surface area contributed by atoms with Crippen LogP contribution in [-0.2, 0) is 10.0 Å². The van der Waals surface area contributed by atoms with Gasteiger partial charge in [0.25, 0.3) is 0 Å². The molecule has 140 valence electrons. The number of hydrazone groups is 1. The number of hydrogen-bond acceptors (Lipinski definition) is 6. The third-order valence-electron chi connectivity index (χ3n) is 3.29. The third kappa shape index (κ3) is 4.48. The molecule has 7 nitrogen and oxygen atoms in total. The number of rotatable bonds is 5. The molecule has 1 N–H and O–H groups in total. The van der Waals surface area contributed by atoms with Crippen LogP contribution < -0.4 is 9.73 Å². The second-order valence-electron chi connectivity index (χ2n) is 5.37. The Morgan fingerprint density at radius 1 is 1.27 bits per heavy atom. The highest BCUT2D eigenvalue weighted by Crippen LogP contribution is 2.28. The summed E-state index contributed by atoms with van der Waals surface area (Å²) in [5.74, 6) is 0.414. The Kier molecular flexibility index (Phi) is 5.50. The van der Waals surface area contributed by atoms with Gasteiger partial charge >= 0.3 is 15.5 Å². The summed E-state index contributed by atoms with van der Waals surface area (Å²) < 4.78 is 62.4. The topological polar surface area (TPSA) is 87.6 Å². The Balaban J connectivity index is 2.42. The summed E-state index contributed by atoms with van der Waals surface area (Å²) in [6.07, 6.45) is 4.41. The average molecular weight is 387 g/mol. The molecule has 0 amide bonds. The van der Waals surface area contributed by atoms with E-state index in [0.717, 1.165) is 5.56 Å². The molecule has 1 heterocycles. The molecule has 0 bridgehead atoms. The minimum Gasteiger partial charge on any atom is -0.275 e. The van der Waals surface area contributed by atoms with E-state index in [1.165, 1.54) is 41.8 Å². The maximum Gasteiger partial charge on any atom is 0.516 e. The number of aromatic nitrogens is 2. The Morgan fingerprint density at radius 2 is 1.96 bits per heavy atom. The Morgan fingerprint density at radius 3 is 2.54 bits per heavy atom. The molecule has 0 saturated carbocycles. The molecule has 0 radical (unpaired) electrons. The highest BCUT2D eigenvalue weighted by Gasteiger charge is 2.46. The number of halogens is 3. The van der Waals surface area contributed by atoms with E-state index in [1.54, 1.807) is 25.6 Å². The summed E-state index contributed by atoms with van der Waals surface area (Å²) in [7, 11) is -3.96. The summed E-state index contributed by atoms with van der Waals surface area (Å²) in [4.78, 5) is 7.96. The van der Waals surface area contributed by atoms with Gasteiger partial charge in [0.1, 0.15) is 0 Å². The quantitative estimate of drug-likeness (QED) is 0.630. The molecule has 0 spiro atoms. The first-order chi connectivity index (χ1) is 12.0. The van der Waals surface area contributed by atoms with Crippen LogP contribution in [-0.4, -0.2) is 36.7 Å². The molecule has 2 rings (SSSR count). The number of sulfonamides is 1. The van der Waals surface area contributed by atoms with Crippen molar-refractivity contribution in [1.29, 1.82) is 0 Å². The summed E-state index contributed by atoms with van der Waals surface area (Å²) >= 11 is 0. The third-order valence-corrected chi connectivity index (χ3v) is 4.39. The van der Waals surface area contributed by atoms with Crippen molar-refractivity contribution in [3.05, 3.63) is 47.9 Å². The van der Waals surface area contributed by atoms with Crippen molar-refractivity contribution in [2.24, 2.45) is 5.10 Å². The van der Waals surface area contributed by atoms with E-state index in [2.05, 4.69) is 15.1 Å². The molecule has 0 fully saturated rings. The number of aryl methyl sites for hydroxylation is 1. The van der Waals surface area contributed by atoms with E-state index in [0.29, 0.717) is 11.5 Å². The van der Waals surface area contributed by atoms with Gasteiger partial charge < -0.3 is 0 Å². The predicted molar refractivity (Wildman–Crippen MR) is 92.4 cm³/mol. The second-order valence-corrected chi connectivity index (χ2v) is 7.05. The standard InChI is InChI=1S/C15H16F3N5O2S/c1-10-4-5-13(22-26(24,25)15(16,17)18)12(8-10)11(2)21-23(3)14-9-19-6-7-20-14/h4-9,22H,1-3H3/b21-11+. The lowest BCUT2D eigenvalue weighted by molar-refractivity contribution is -0.0429. The van der Waals surface area contributed by atoms with Gasteiger partial charge in [-0.1, -0.05) is 11.6 Å². The minimum atomic E-state index is -5.54. The number of benzene rings is 1. The SMILES string of the molecule is C/C(=N\N(C)c1cnccn1)c1cc(C)ccc1NS(=O)(=O)C(F)(F)F. The Bertz CT molecular complexity index is 915. The zero-order valence-corrected chi connectivity index (χ0v) is 14.9. The first-order valence-corrected chi connectivity index (χ1v) is 8.74. The Labute approximate surface area is 148 Å². The van der Waals surface area contributed by atoms with Crippen LogP contribution >= 0.6 is 0 Å². The molecule has 26 heavy (non-hydrogen) atoms. The average Bonchev–Trinajstić information content (AvgIpc) is 2.56. The van der Waals surface area contributed by atoms with Crippen molar-refractivity contribution in [2.75, 3.05) is 16.8 Å². The molecular weight excluding hydrogens is 371 g/mol. The van der Waals surface area contributed by atoms with Gasteiger partial charge in [0, 0.05) is 25.0 Å². The normalized spacial score (nSPS) is 12.8. The lowest BCUT2D eigenvalue weighted by Gasteiger charge is -2.17. The summed E-state index contributed by atoms with van der Waals surface area (Å²) in [5.41, 5.74) is -4.40. The zero-order valence-electron chi connectivity index (χ0n) is 14.1. The maximum absolute atomic E-state index is 12.7. The summed E-state index contributed by atoms with van der Waals surface area (Å²) in [5, 5.41) is 5.62. The van der Waals surface area contributed by atoms with E-state index in [1.807, 2.05) is 0 Å². The molecule has 0 aliphatic heterocycles. The largest absolute Gasteiger partial charge is 0.516 e. The molecule has 0 saturated heterocycles. The molecule has 0 unspecified atom stereocenters. The fourth-order valence-corrected chi connectivity index (χ4v) is 2.62. The van der Waals surface area contributed by atoms with E-state index in [-0.39, 0.29) is 11.3 Å². The zero-order chi connectivity index (χ0) is 19.5. The molecular formula is C15H16F3N5O2S. The van der Waals surface area contributed by atoms with Crippen LogP contribution in [0.1, 0.15) is 18.1 Å². The van der Waals surface area contributed by atoms with Crippen LogP contribution in [0.25, 0.3) is 0 Å². The Hall–Kier alpha value is -2.69. The van der Waals surface area contributed by atoms with Gasteiger partial charge in [-0.15, -0.1) is 0 Å². The summed E-state index contributed by atoms with van der Waals surface area (Å²) in [6, 6.07) is 4.30. The van der Waals surface area contributed by atoms with E-state index in [4.69, 9.17) is 0 Å². The van der Waals surface area contributed by atoms with Crippen LogP contribution in [0.5, 0.6) is 0 Å². The minimum absolute atomic E-state index is 0.216. The van der Waals surface area contributed by atoms with Crippen LogP contribution in [0.4, 0.5) is 24.7 Å². The first-order valence-electron chi connectivity index (χ1n) is 7.26. The molecule has 2 aromatic rings. The van der Waals surface area contributed by atoms with Crippen molar-refractivity contribution in [2.45, 2.75) is 19.4 Å². The smallest absolute Gasteiger partial charge is 0.275 e. The highest BCUT2D eigenvalue weighted by molar-refractivity contribution is 7.93. The van der Waals surface area contributed by atoms with Crippen molar-refractivity contribution in [3.8, 4) is 0 Å². The van der Waals surface area contributed by atoms with Crippen LogP contribution in [0.15, 0.2) is 41.9 Å². The molecule has 0 aliphatic rings. The van der Waals surface area contributed by atoms with Gasteiger partial charge in [0.05, 0.1) is 17.6 Å². The van der Waals surface area contributed by atoms with Gasteiger partial charge in [-0.05, 0) is 26.0 Å². The molecule has 0 aliphatic carbocycles. The van der Waals surface area contributed by atoms with Crippen molar-refractivity contribution < 1.29 is 21.6 Å². The van der Waals surface area contributed by atoms with Crippen molar-refractivity contribution in [1.82, 2.24) is 9.97 Å². The summed E-state index contributed by atoms with van der Waals surface area (Å²) in [6.45, 7) is 3.28. The lowest BCUT2D eigenvalue weighted by atomic mass is 10.1. The lowest BCUT2D eigenvalue weighted by Crippen LogP contribution is -2.30. The van der Waals surface area contributed by atoms with Crippen molar-refractivity contribution in [3.63, 3.8) is 0 Å². The number of hydrogen-bond donors (Lipinski definition) is 1. The van der Waals surface area contributed by atoms with Gasteiger partial charge in [-0.25, -0.2) is 9.99 Å². The van der Waals surface area contributed by atoms with Crippen LogP contribution in [0.2, 0.25) is 0 Å². The van der Waals surface area contributed by atoms with E-state index >= 15 is 0 Å². The maximum atomic E-state index is 12.7. The monoisotopic (exact) mass is 387 g/mol. The fourth-order valence-electron chi connectivity index (χ4n) is 2.04. The van der Waals surface area contributed by atoms with Gasteiger partial charge in [-0.2, -0.15) is 26.7 Å². The van der Waals surface area contributed by atoms with Gasteiger partial charge in [-0.3, -0.25) is 9.71 Å². The predicted octanol–water partition coefficient (Wildman–Crippen LogP) is 2.91. The van der Waals surface area contributed by atoms with Crippen LogP contribution in [0, 0.1) is 6.92 Å². The number of nitrogens with zero attached hydrogens (tertiary/aromatic N) is 4. The first kappa shape index (κ1) is 19.6. The number of alkyl halides is 3. The van der Waals surface area contributed by atoms with Crippen LogP contribution in [0.3, 0.4) is 0 Å². The molecule has 1 aromatic carbocycles. The fraction of sp³-hybridized carbons (Fsp3) is 0.267. The molecule has 0 atom stereocenters. The van der Waals surface area contributed by atoms with E-state index in [9.17, 15) is 21.6 Å². The molecule has 1 aromatic heterocycles. The van der Waals surface area contributed by atoms with Crippen molar-refractivity contribution >= 4 is 27.2 Å². The molecule has 11 heteroatoms. The van der Waals surface area contributed by atoms with Gasteiger partial charge in [0.15, 0.2) is 5.82 Å². The second kappa shape index (κ2) is 7.28. The number of anilines is 2. The van der Waals surface area contributed by atoms with E-state index < -0.39 is 15.5 Å². The van der Waals surface area contributed by atoms with Gasteiger partial charge in [0.2, 0.25) is 0 Å².